The summed E-state index contributed by atoms with van der Waals surface area (Å²) >= 11 is 1.09. The fourth-order valence-electron chi connectivity index (χ4n) is 1.85. The molecule has 1 aromatic carbocycles. The molecule has 2 aromatic rings. The van der Waals surface area contributed by atoms with Gasteiger partial charge in [0.05, 0.1) is 11.3 Å². The Balaban J connectivity index is 2.29. The van der Waals surface area contributed by atoms with Crippen molar-refractivity contribution in [3.63, 3.8) is 0 Å². The van der Waals surface area contributed by atoms with Gasteiger partial charge in [0, 0.05) is 4.88 Å². The topological polar surface area (TPSA) is 52.3 Å². The van der Waals surface area contributed by atoms with Crippen LogP contribution in [0.3, 0.4) is 0 Å². The molecule has 0 fully saturated rings. The molecule has 0 saturated carbocycles. The summed E-state index contributed by atoms with van der Waals surface area (Å²) in [6.07, 6.45) is -4.38. The third kappa shape index (κ3) is 4.25. The van der Waals surface area contributed by atoms with Crippen molar-refractivity contribution in [3.8, 4) is 10.4 Å². The van der Waals surface area contributed by atoms with Gasteiger partial charge in [-0.15, -0.1) is 11.3 Å². The Bertz CT molecular complexity index is 712. The fraction of sp³-hybridized carbons (Fsp3) is 0.312. The van der Waals surface area contributed by atoms with Gasteiger partial charge >= 0.3 is 12.1 Å². The zero-order valence-corrected chi connectivity index (χ0v) is 13.6. The van der Waals surface area contributed by atoms with E-state index >= 15 is 0 Å². The van der Waals surface area contributed by atoms with Crippen molar-refractivity contribution in [3.05, 3.63) is 40.8 Å². The molecule has 0 aliphatic rings. The number of hydrogen-bond acceptors (Lipinski definition) is 4. The molecule has 0 saturated heterocycles. The average molecular weight is 343 g/mol. The van der Waals surface area contributed by atoms with Crippen LogP contribution in [0.5, 0.6) is 0 Å². The lowest BCUT2D eigenvalue weighted by molar-refractivity contribution is -0.137. The van der Waals surface area contributed by atoms with E-state index < -0.39 is 23.3 Å². The molecule has 1 heterocycles. The van der Waals surface area contributed by atoms with Gasteiger partial charge in [-0.05, 0) is 44.5 Å². The molecular weight excluding hydrogens is 327 g/mol. The van der Waals surface area contributed by atoms with Crippen LogP contribution in [0.4, 0.5) is 18.9 Å². The van der Waals surface area contributed by atoms with Crippen LogP contribution in [0.25, 0.3) is 10.4 Å². The first-order valence-electron chi connectivity index (χ1n) is 6.77. The molecule has 0 bridgehead atoms. The van der Waals surface area contributed by atoms with Gasteiger partial charge in [-0.3, -0.25) is 0 Å². The van der Waals surface area contributed by atoms with Crippen molar-refractivity contribution in [2.24, 2.45) is 0 Å². The van der Waals surface area contributed by atoms with Gasteiger partial charge in [-0.2, -0.15) is 13.2 Å². The van der Waals surface area contributed by atoms with Crippen LogP contribution in [0.15, 0.2) is 30.3 Å². The number of nitrogens with two attached hydrogens (primary N) is 1. The van der Waals surface area contributed by atoms with Gasteiger partial charge in [0.1, 0.15) is 10.5 Å². The molecule has 0 atom stereocenters. The second-order valence-electron chi connectivity index (χ2n) is 5.97. The maximum absolute atomic E-state index is 12.6. The number of anilines is 1. The summed E-state index contributed by atoms with van der Waals surface area (Å²) in [6, 6.07) is 6.27. The van der Waals surface area contributed by atoms with Gasteiger partial charge in [-0.1, -0.05) is 12.1 Å². The third-order valence-corrected chi connectivity index (χ3v) is 4.02. The second kappa shape index (κ2) is 5.88. The molecule has 124 valence electrons. The van der Waals surface area contributed by atoms with Crippen LogP contribution in [0, 0.1) is 0 Å². The minimum atomic E-state index is -4.38. The van der Waals surface area contributed by atoms with E-state index in [0.717, 1.165) is 23.5 Å². The molecule has 0 spiro atoms. The van der Waals surface area contributed by atoms with Gasteiger partial charge < -0.3 is 10.5 Å². The lowest BCUT2D eigenvalue weighted by Gasteiger charge is -2.18. The van der Waals surface area contributed by atoms with Crippen LogP contribution < -0.4 is 5.73 Å². The largest absolute Gasteiger partial charge is 0.456 e. The Morgan fingerprint density at radius 2 is 1.70 bits per heavy atom. The number of rotatable bonds is 2. The first-order valence-corrected chi connectivity index (χ1v) is 7.59. The third-order valence-electron chi connectivity index (χ3n) is 2.84. The fourth-order valence-corrected chi connectivity index (χ4v) is 2.82. The molecule has 7 heteroatoms. The summed E-state index contributed by atoms with van der Waals surface area (Å²) in [4.78, 5) is 12.9. The van der Waals surface area contributed by atoms with Gasteiger partial charge in [0.2, 0.25) is 0 Å². The molecule has 0 amide bonds. The normalized spacial score (nSPS) is 12.3. The van der Waals surface area contributed by atoms with E-state index in [1.165, 1.54) is 12.1 Å². The van der Waals surface area contributed by atoms with Crippen LogP contribution in [-0.2, 0) is 10.9 Å². The number of carbonyl (C=O) groups excluding carboxylic acids is 1. The molecule has 2 N–H and O–H groups in total. The number of ether oxygens (including phenoxy) is 1. The maximum Gasteiger partial charge on any atom is 0.416 e. The van der Waals surface area contributed by atoms with Crippen LogP contribution in [0.1, 0.15) is 36.0 Å². The zero-order valence-electron chi connectivity index (χ0n) is 12.8. The Morgan fingerprint density at radius 3 is 2.17 bits per heavy atom. The number of halogens is 3. The van der Waals surface area contributed by atoms with Crippen LogP contribution in [0.2, 0.25) is 0 Å². The Labute approximate surface area is 135 Å². The van der Waals surface area contributed by atoms with Gasteiger partial charge in [0.25, 0.3) is 0 Å². The van der Waals surface area contributed by atoms with E-state index in [1.807, 2.05) is 0 Å². The summed E-state index contributed by atoms with van der Waals surface area (Å²) in [7, 11) is 0. The summed E-state index contributed by atoms with van der Waals surface area (Å²) in [5.41, 5.74) is 5.26. The van der Waals surface area contributed by atoms with E-state index in [-0.39, 0.29) is 10.6 Å². The van der Waals surface area contributed by atoms with Gasteiger partial charge in [-0.25, -0.2) is 4.79 Å². The second-order valence-corrected chi connectivity index (χ2v) is 7.02. The van der Waals surface area contributed by atoms with E-state index in [1.54, 1.807) is 26.8 Å². The van der Waals surface area contributed by atoms with E-state index in [4.69, 9.17) is 10.5 Å². The predicted octanol–water partition coefficient (Wildman–Crippen LogP) is 4.97. The molecule has 23 heavy (non-hydrogen) atoms. The minimum absolute atomic E-state index is 0.245. The zero-order chi connectivity index (χ0) is 17.4. The number of esters is 1. The number of hydrogen-bond donors (Lipinski definition) is 1. The minimum Gasteiger partial charge on any atom is -0.456 e. The lowest BCUT2D eigenvalue weighted by Crippen LogP contribution is -2.23. The Kier molecular flexibility index (Phi) is 4.43. The monoisotopic (exact) mass is 343 g/mol. The summed E-state index contributed by atoms with van der Waals surface area (Å²) in [6.45, 7) is 5.22. The Hall–Kier alpha value is -2.02. The van der Waals surface area contributed by atoms with Crippen molar-refractivity contribution in [1.82, 2.24) is 0 Å². The molecule has 2 rings (SSSR count). The quantitative estimate of drug-likeness (QED) is 0.783. The van der Waals surface area contributed by atoms with Crippen molar-refractivity contribution >= 4 is 23.0 Å². The van der Waals surface area contributed by atoms with E-state index in [0.29, 0.717) is 10.4 Å². The molecule has 1 aromatic heterocycles. The first kappa shape index (κ1) is 17.3. The molecule has 0 unspecified atom stereocenters. The van der Waals surface area contributed by atoms with Crippen molar-refractivity contribution < 1.29 is 22.7 Å². The van der Waals surface area contributed by atoms with Crippen LogP contribution in [-0.4, -0.2) is 11.6 Å². The number of benzene rings is 1. The Morgan fingerprint density at radius 1 is 1.13 bits per heavy atom. The summed E-state index contributed by atoms with van der Waals surface area (Å²) in [5.74, 6) is -0.543. The predicted molar refractivity (Wildman–Crippen MR) is 84.3 cm³/mol. The highest BCUT2D eigenvalue weighted by Crippen LogP contribution is 2.36. The van der Waals surface area contributed by atoms with Gasteiger partial charge in [0.15, 0.2) is 0 Å². The molecule has 0 radical (unpaired) electrons. The van der Waals surface area contributed by atoms with Crippen molar-refractivity contribution in [2.45, 2.75) is 32.5 Å². The SMILES string of the molecule is CC(C)(C)OC(=O)c1sc(-c2ccc(C(F)(F)F)cc2)cc1N. The molecule has 3 nitrogen and oxygen atoms in total. The average Bonchev–Trinajstić information content (AvgIpc) is 2.78. The number of nitrogen functional groups attached to an aromatic ring is 1. The van der Waals surface area contributed by atoms with Crippen LogP contribution >= 0.6 is 11.3 Å². The van der Waals surface area contributed by atoms with Crippen molar-refractivity contribution in [1.29, 1.82) is 0 Å². The number of thiophene rings is 1. The number of alkyl halides is 3. The molecular formula is C16H16F3NO2S. The maximum atomic E-state index is 12.6. The molecule has 0 aliphatic heterocycles. The van der Waals surface area contributed by atoms with E-state index in [2.05, 4.69) is 0 Å². The highest BCUT2D eigenvalue weighted by molar-refractivity contribution is 7.18. The molecule has 0 aliphatic carbocycles. The smallest absolute Gasteiger partial charge is 0.416 e. The highest BCUT2D eigenvalue weighted by atomic mass is 32.1. The highest BCUT2D eigenvalue weighted by Gasteiger charge is 2.30. The van der Waals surface area contributed by atoms with Crippen molar-refractivity contribution in [2.75, 3.05) is 5.73 Å². The first-order chi connectivity index (χ1) is 10.5. The summed E-state index contributed by atoms with van der Waals surface area (Å²) in [5, 5.41) is 0. The summed E-state index contributed by atoms with van der Waals surface area (Å²) < 4.78 is 43.0. The number of carbonyl (C=O) groups is 1. The standard InChI is InChI=1S/C16H16F3NO2S/c1-15(2,3)22-14(21)13-11(20)8-12(23-13)9-4-6-10(7-5-9)16(17,18)19/h4-8H,20H2,1-3H3. The van der Waals surface area contributed by atoms with E-state index in [9.17, 15) is 18.0 Å². The lowest BCUT2D eigenvalue weighted by atomic mass is 10.1.